The fourth-order valence-corrected chi connectivity index (χ4v) is 1.37. The van der Waals surface area contributed by atoms with Crippen LogP contribution in [0.4, 0.5) is 0 Å². The van der Waals surface area contributed by atoms with Crippen molar-refractivity contribution in [3.8, 4) is 5.75 Å². The molecule has 0 unspecified atom stereocenters. The van der Waals surface area contributed by atoms with Crippen LogP contribution in [0.3, 0.4) is 0 Å². The first-order valence-electron chi connectivity index (χ1n) is 4.14. The second kappa shape index (κ2) is 3.36. The highest BCUT2D eigenvalue weighted by Gasteiger charge is 2.06. The quantitative estimate of drug-likeness (QED) is 0.706. The van der Waals surface area contributed by atoms with Gasteiger partial charge in [0.2, 0.25) is 0 Å². The third kappa shape index (κ3) is 1.69. The Morgan fingerprint density at radius 1 is 1.40 bits per heavy atom. The molecule has 1 heterocycles. The van der Waals surface area contributed by atoms with Crippen LogP contribution < -0.4 is 11.2 Å². The summed E-state index contributed by atoms with van der Waals surface area (Å²) in [6.07, 6.45) is 0. The molecule has 2 rings (SSSR count). The summed E-state index contributed by atoms with van der Waals surface area (Å²) in [6.45, 7) is 0. The molecule has 0 bridgehead atoms. The molecule has 0 atom stereocenters. The Morgan fingerprint density at radius 3 is 2.80 bits per heavy atom. The molecule has 76 valence electrons. The van der Waals surface area contributed by atoms with Crippen molar-refractivity contribution in [3.05, 3.63) is 40.2 Å². The van der Waals surface area contributed by atoms with E-state index in [0.717, 1.165) is 0 Å². The fourth-order valence-electron chi connectivity index (χ4n) is 1.27. The Balaban J connectivity index is 2.85. The summed E-state index contributed by atoms with van der Waals surface area (Å²) in [6, 6.07) is 5.49. The van der Waals surface area contributed by atoms with E-state index in [4.69, 9.17) is 22.4 Å². The SMILES string of the molecule is NC(=S)c1cc(=O)c2ccc(O)cc2o1. The Bertz CT molecular complexity index is 603. The predicted octanol–water partition coefficient (Wildman–Crippen LogP) is 1.13. The molecular formula is C10H7NO3S. The van der Waals surface area contributed by atoms with Crippen molar-refractivity contribution in [2.45, 2.75) is 0 Å². The summed E-state index contributed by atoms with van der Waals surface area (Å²) in [5, 5.41) is 9.61. The highest BCUT2D eigenvalue weighted by molar-refractivity contribution is 7.80. The third-order valence-electron chi connectivity index (χ3n) is 1.96. The van der Waals surface area contributed by atoms with Crippen LogP contribution >= 0.6 is 12.2 Å². The maximum Gasteiger partial charge on any atom is 0.193 e. The number of fused-ring (bicyclic) bond motifs is 1. The molecule has 5 heteroatoms. The summed E-state index contributed by atoms with van der Waals surface area (Å²) in [4.78, 5) is 11.6. The number of benzene rings is 1. The van der Waals surface area contributed by atoms with E-state index in [1.165, 1.54) is 24.3 Å². The van der Waals surface area contributed by atoms with Gasteiger partial charge in [0.1, 0.15) is 16.3 Å². The summed E-state index contributed by atoms with van der Waals surface area (Å²) in [7, 11) is 0. The van der Waals surface area contributed by atoms with Gasteiger partial charge in [0.15, 0.2) is 11.2 Å². The number of phenols is 1. The molecule has 4 nitrogen and oxygen atoms in total. The zero-order valence-electron chi connectivity index (χ0n) is 7.56. The molecule has 0 aliphatic heterocycles. The maximum atomic E-state index is 11.6. The normalized spacial score (nSPS) is 10.4. The molecule has 2 aromatic rings. The van der Waals surface area contributed by atoms with Gasteiger partial charge in [-0.25, -0.2) is 0 Å². The summed E-state index contributed by atoms with van der Waals surface area (Å²) in [5.74, 6) is 0.166. The van der Waals surface area contributed by atoms with Gasteiger partial charge in [-0.3, -0.25) is 4.79 Å². The van der Waals surface area contributed by atoms with Gasteiger partial charge in [0, 0.05) is 12.1 Å². The van der Waals surface area contributed by atoms with Gasteiger partial charge in [0.25, 0.3) is 0 Å². The van der Waals surface area contributed by atoms with E-state index < -0.39 is 0 Å². The number of hydrogen-bond acceptors (Lipinski definition) is 4. The van der Waals surface area contributed by atoms with E-state index in [9.17, 15) is 9.90 Å². The van der Waals surface area contributed by atoms with Crippen molar-refractivity contribution >= 4 is 28.2 Å². The van der Waals surface area contributed by atoms with Gasteiger partial charge in [0.05, 0.1) is 5.39 Å². The highest BCUT2D eigenvalue weighted by atomic mass is 32.1. The van der Waals surface area contributed by atoms with Gasteiger partial charge >= 0.3 is 0 Å². The van der Waals surface area contributed by atoms with Crippen LogP contribution in [0.2, 0.25) is 0 Å². The molecule has 0 radical (unpaired) electrons. The molecule has 1 aromatic heterocycles. The minimum Gasteiger partial charge on any atom is -0.508 e. The van der Waals surface area contributed by atoms with Crippen molar-refractivity contribution in [1.82, 2.24) is 0 Å². The largest absolute Gasteiger partial charge is 0.508 e. The van der Waals surface area contributed by atoms with Gasteiger partial charge in [-0.2, -0.15) is 0 Å². The zero-order valence-corrected chi connectivity index (χ0v) is 8.38. The molecule has 1 aromatic carbocycles. The Morgan fingerprint density at radius 2 is 2.13 bits per heavy atom. The lowest BCUT2D eigenvalue weighted by Gasteiger charge is -2.00. The molecule has 0 saturated carbocycles. The second-order valence-corrected chi connectivity index (χ2v) is 3.46. The molecule has 0 fully saturated rings. The zero-order chi connectivity index (χ0) is 11.0. The predicted molar refractivity (Wildman–Crippen MR) is 60.0 cm³/mol. The summed E-state index contributed by atoms with van der Waals surface area (Å²) < 4.78 is 5.26. The lowest BCUT2D eigenvalue weighted by atomic mass is 10.2. The van der Waals surface area contributed by atoms with E-state index in [1.807, 2.05) is 0 Å². The second-order valence-electron chi connectivity index (χ2n) is 3.02. The lowest BCUT2D eigenvalue weighted by Crippen LogP contribution is -2.13. The average molecular weight is 221 g/mol. The van der Waals surface area contributed by atoms with Crippen molar-refractivity contribution in [2.75, 3.05) is 0 Å². The number of rotatable bonds is 1. The Kier molecular flexibility index (Phi) is 2.17. The van der Waals surface area contributed by atoms with Gasteiger partial charge in [-0.15, -0.1) is 0 Å². The smallest absolute Gasteiger partial charge is 0.193 e. The molecule has 0 spiro atoms. The lowest BCUT2D eigenvalue weighted by molar-refractivity contribution is 0.474. The van der Waals surface area contributed by atoms with Crippen molar-refractivity contribution in [1.29, 1.82) is 0 Å². The minimum atomic E-state index is -0.237. The minimum absolute atomic E-state index is 0.0114. The van der Waals surface area contributed by atoms with E-state index in [1.54, 1.807) is 0 Å². The number of thiocarbonyl (C=S) groups is 1. The summed E-state index contributed by atoms with van der Waals surface area (Å²) >= 11 is 4.70. The van der Waals surface area contributed by atoms with Crippen LogP contribution in [0.15, 0.2) is 33.5 Å². The van der Waals surface area contributed by atoms with Gasteiger partial charge in [-0.1, -0.05) is 12.2 Å². The Hall–Kier alpha value is -1.88. The molecule has 3 N–H and O–H groups in total. The van der Waals surface area contributed by atoms with E-state index in [2.05, 4.69) is 0 Å². The fraction of sp³-hybridized carbons (Fsp3) is 0. The molecule has 0 saturated heterocycles. The van der Waals surface area contributed by atoms with Gasteiger partial charge in [-0.05, 0) is 12.1 Å². The first-order valence-corrected chi connectivity index (χ1v) is 4.55. The number of phenolic OH excluding ortho intramolecular Hbond substituents is 1. The van der Waals surface area contributed by atoms with Crippen LogP contribution in [0.25, 0.3) is 11.0 Å². The van der Waals surface area contributed by atoms with Crippen LogP contribution in [0.1, 0.15) is 5.76 Å². The molecule has 15 heavy (non-hydrogen) atoms. The van der Waals surface area contributed by atoms with E-state index in [0.29, 0.717) is 5.39 Å². The first kappa shape index (κ1) is 9.67. The topological polar surface area (TPSA) is 76.5 Å². The van der Waals surface area contributed by atoms with Crippen LogP contribution in [0, 0.1) is 0 Å². The third-order valence-corrected chi connectivity index (χ3v) is 2.16. The van der Waals surface area contributed by atoms with E-state index >= 15 is 0 Å². The van der Waals surface area contributed by atoms with Crippen molar-refractivity contribution in [3.63, 3.8) is 0 Å². The average Bonchev–Trinajstić information content (AvgIpc) is 2.16. The standard InChI is InChI=1S/C10H7NO3S/c11-10(15)9-4-7(13)6-2-1-5(12)3-8(6)14-9/h1-4,12H,(H2,11,15). The van der Waals surface area contributed by atoms with Crippen LogP contribution in [-0.4, -0.2) is 10.1 Å². The highest BCUT2D eigenvalue weighted by Crippen LogP contribution is 2.18. The van der Waals surface area contributed by atoms with Gasteiger partial charge < -0.3 is 15.3 Å². The molecular weight excluding hydrogens is 214 g/mol. The molecule has 0 aliphatic rings. The molecule has 0 aliphatic carbocycles. The van der Waals surface area contributed by atoms with E-state index in [-0.39, 0.29) is 27.5 Å². The number of aromatic hydroxyl groups is 1. The maximum absolute atomic E-state index is 11.6. The number of nitrogens with two attached hydrogens (primary N) is 1. The van der Waals surface area contributed by atoms with Crippen LogP contribution in [-0.2, 0) is 0 Å². The van der Waals surface area contributed by atoms with Crippen molar-refractivity contribution < 1.29 is 9.52 Å². The molecule has 0 amide bonds. The Labute approximate surface area is 89.9 Å². The number of hydrogen-bond donors (Lipinski definition) is 2. The monoisotopic (exact) mass is 221 g/mol. The first-order chi connectivity index (χ1) is 7.08. The van der Waals surface area contributed by atoms with Crippen LogP contribution in [0.5, 0.6) is 5.75 Å². The van der Waals surface area contributed by atoms with Crippen molar-refractivity contribution in [2.24, 2.45) is 5.73 Å². The summed E-state index contributed by atoms with van der Waals surface area (Å²) in [5.41, 5.74) is 5.38.